The van der Waals surface area contributed by atoms with Gasteiger partial charge in [-0.05, 0) is 37.4 Å². The number of thiocarbonyl (C=S) groups is 1. The fourth-order valence-corrected chi connectivity index (χ4v) is 1.49. The van der Waals surface area contributed by atoms with Crippen LogP contribution in [0.1, 0.15) is 19.3 Å². The lowest BCUT2D eigenvalue weighted by molar-refractivity contribution is 0.624. The molecule has 0 saturated heterocycles. The van der Waals surface area contributed by atoms with E-state index in [-0.39, 0.29) is 0 Å². The summed E-state index contributed by atoms with van der Waals surface area (Å²) < 4.78 is 0. The van der Waals surface area contributed by atoms with E-state index < -0.39 is 0 Å². The Balaban J connectivity index is 2.17. The van der Waals surface area contributed by atoms with Crippen molar-refractivity contribution in [2.45, 2.75) is 19.3 Å². The Kier molecular flexibility index (Phi) is 5.70. The van der Waals surface area contributed by atoms with E-state index in [1.54, 1.807) is 6.08 Å². The Morgan fingerprint density at radius 1 is 1.60 bits per heavy atom. The summed E-state index contributed by atoms with van der Waals surface area (Å²) in [4.78, 5) is 0. The second-order valence-corrected chi connectivity index (χ2v) is 3.84. The minimum Gasteiger partial charge on any atom is -0.358 e. The van der Waals surface area contributed by atoms with Crippen LogP contribution in [0.2, 0.25) is 0 Å². The van der Waals surface area contributed by atoms with Gasteiger partial charge in [-0.1, -0.05) is 18.2 Å². The first-order valence-electron chi connectivity index (χ1n) is 5.16. The van der Waals surface area contributed by atoms with Crippen LogP contribution in [0.4, 0.5) is 0 Å². The third-order valence-electron chi connectivity index (χ3n) is 2.17. The number of hydrazone groups is 1. The van der Waals surface area contributed by atoms with Crippen molar-refractivity contribution in [3.63, 3.8) is 0 Å². The molecule has 15 heavy (non-hydrogen) atoms. The number of allylic oxidation sites excluding steroid dienone is 2. The van der Waals surface area contributed by atoms with E-state index in [4.69, 9.17) is 12.2 Å². The largest absolute Gasteiger partial charge is 0.358 e. The first kappa shape index (κ1) is 11.9. The fourth-order valence-electron chi connectivity index (χ4n) is 1.36. The quantitative estimate of drug-likeness (QED) is 0.331. The van der Waals surface area contributed by atoms with Crippen LogP contribution in [0.5, 0.6) is 0 Å². The van der Waals surface area contributed by atoms with E-state index >= 15 is 0 Å². The standard InChI is InChI=1S/C11H17N3S/c1-2-8-12-11(15)14-13-9-10-6-4-3-5-7-10/h2-4,9-10H,1,5-8H2,(H2,12,14,15)/b13-9+/t10-/m0/s1. The second-order valence-electron chi connectivity index (χ2n) is 3.43. The van der Waals surface area contributed by atoms with Crippen molar-refractivity contribution in [3.8, 4) is 0 Å². The van der Waals surface area contributed by atoms with Crippen molar-refractivity contribution >= 4 is 23.5 Å². The Hall–Kier alpha value is -1.16. The summed E-state index contributed by atoms with van der Waals surface area (Å²) in [6.07, 6.45) is 11.5. The van der Waals surface area contributed by atoms with Crippen molar-refractivity contribution in [2.24, 2.45) is 11.0 Å². The molecule has 0 aromatic rings. The molecule has 0 amide bonds. The molecule has 0 aromatic carbocycles. The number of nitrogens with zero attached hydrogens (tertiary/aromatic N) is 1. The van der Waals surface area contributed by atoms with Crippen LogP contribution in [0.3, 0.4) is 0 Å². The Labute approximate surface area is 96.3 Å². The number of hydrogen-bond acceptors (Lipinski definition) is 2. The maximum atomic E-state index is 4.99. The van der Waals surface area contributed by atoms with Crippen molar-refractivity contribution in [1.82, 2.24) is 10.7 Å². The van der Waals surface area contributed by atoms with Crippen molar-refractivity contribution in [3.05, 3.63) is 24.8 Å². The lowest BCUT2D eigenvalue weighted by Gasteiger charge is -2.12. The Bertz CT molecular complexity index is 271. The van der Waals surface area contributed by atoms with Crippen LogP contribution in [-0.2, 0) is 0 Å². The van der Waals surface area contributed by atoms with Crippen LogP contribution in [0.25, 0.3) is 0 Å². The lowest BCUT2D eigenvalue weighted by Crippen LogP contribution is -2.32. The van der Waals surface area contributed by atoms with Gasteiger partial charge < -0.3 is 5.32 Å². The first-order valence-corrected chi connectivity index (χ1v) is 5.56. The van der Waals surface area contributed by atoms with Crippen LogP contribution in [-0.4, -0.2) is 17.9 Å². The van der Waals surface area contributed by atoms with Gasteiger partial charge in [0.1, 0.15) is 0 Å². The lowest BCUT2D eigenvalue weighted by atomic mass is 9.96. The minimum absolute atomic E-state index is 0.539. The highest BCUT2D eigenvalue weighted by atomic mass is 32.1. The molecule has 1 atom stereocenters. The van der Waals surface area contributed by atoms with E-state index in [9.17, 15) is 0 Å². The zero-order valence-electron chi connectivity index (χ0n) is 8.78. The van der Waals surface area contributed by atoms with Gasteiger partial charge in [0.25, 0.3) is 0 Å². The van der Waals surface area contributed by atoms with E-state index in [2.05, 4.69) is 34.6 Å². The van der Waals surface area contributed by atoms with Crippen molar-refractivity contribution in [1.29, 1.82) is 0 Å². The molecule has 2 N–H and O–H groups in total. The zero-order valence-corrected chi connectivity index (χ0v) is 9.59. The van der Waals surface area contributed by atoms with Crippen LogP contribution in [0, 0.1) is 5.92 Å². The molecule has 0 aliphatic heterocycles. The molecular formula is C11H17N3S. The number of rotatable bonds is 4. The Morgan fingerprint density at radius 3 is 3.13 bits per heavy atom. The molecule has 3 nitrogen and oxygen atoms in total. The molecule has 0 aromatic heterocycles. The summed E-state index contributed by atoms with van der Waals surface area (Å²) in [5.74, 6) is 0.546. The molecule has 0 radical (unpaired) electrons. The van der Waals surface area contributed by atoms with Gasteiger partial charge in [0.15, 0.2) is 5.11 Å². The van der Waals surface area contributed by atoms with Gasteiger partial charge in [-0.15, -0.1) is 6.58 Å². The highest BCUT2D eigenvalue weighted by Gasteiger charge is 2.05. The molecule has 0 spiro atoms. The van der Waals surface area contributed by atoms with Gasteiger partial charge in [0, 0.05) is 12.8 Å². The van der Waals surface area contributed by atoms with E-state index in [0.29, 0.717) is 17.6 Å². The third kappa shape index (κ3) is 5.32. The Morgan fingerprint density at radius 2 is 2.47 bits per heavy atom. The average molecular weight is 223 g/mol. The zero-order chi connectivity index (χ0) is 10.9. The maximum absolute atomic E-state index is 4.99. The summed E-state index contributed by atoms with van der Waals surface area (Å²) in [6, 6.07) is 0. The molecule has 1 aliphatic rings. The monoisotopic (exact) mass is 223 g/mol. The van der Waals surface area contributed by atoms with Crippen LogP contribution >= 0.6 is 12.2 Å². The molecule has 4 heteroatoms. The second kappa shape index (κ2) is 7.17. The predicted octanol–water partition coefficient (Wildman–Crippen LogP) is 1.98. The van der Waals surface area contributed by atoms with Crippen LogP contribution < -0.4 is 10.7 Å². The van der Waals surface area contributed by atoms with E-state index in [1.807, 2.05) is 6.21 Å². The van der Waals surface area contributed by atoms with Crippen molar-refractivity contribution in [2.75, 3.05) is 6.54 Å². The third-order valence-corrected chi connectivity index (χ3v) is 2.40. The van der Waals surface area contributed by atoms with Gasteiger partial charge in [-0.3, -0.25) is 5.43 Å². The van der Waals surface area contributed by atoms with Crippen LogP contribution in [0.15, 0.2) is 29.9 Å². The molecule has 0 bridgehead atoms. The summed E-state index contributed by atoms with van der Waals surface area (Å²) in [5.41, 5.74) is 2.78. The number of nitrogens with one attached hydrogen (secondary N) is 2. The van der Waals surface area contributed by atoms with Gasteiger partial charge in [-0.2, -0.15) is 5.10 Å². The molecule has 1 aliphatic carbocycles. The first-order chi connectivity index (χ1) is 7.33. The highest BCUT2D eigenvalue weighted by molar-refractivity contribution is 7.80. The van der Waals surface area contributed by atoms with Gasteiger partial charge in [0.2, 0.25) is 0 Å². The summed E-state index contributed by atoms with van der Waals surface area (Å²) in [5, 5.41) is 7.58. The topological polar surface area (TPSA) is 36.4 Å². The van der Waals surface area contributed by atoms with Gasteiger partial charge in [0.05, 0.1) is 0 Å². The van der Waals surface area contributed by atoms with Gasteiger partial charge >= 0.3 is 0 Å². The molecule has 1 rings (SSSR count). The maximum Gasteiger partial charge on any atom is 0.187 e. The summed E-state index contributed by atoms with van der Waals surface area (Å²) in [7, 11) is 0. The molecule has 0 unspecified atom stereocenters. The molecule has 0 heterocycles. The van der Waals surface area contributed by atoms with Gasteiger partial charge in [-0.25, -0.2) is 0 Å². The van der Waals surface area contributed by atoms with E-state index in [0.717, 1.165) is 12.8 Å². The van der Waals surface area contributed by atoms with E-state index in [1.165, 1.54) is 6.42 Å². The summed E-state index contributed by atoms with van der Waals surface area (Å²) in [6.45, 7) is 4.25. The molecular weight excluding hydrogens is 206 g/mol. The fraction of sp³-hybridized carbons (Fsp3) is 0.455. The molecule has 82 valence electrons. The smallest absolute Gasteiger partial charge is 0.187 e. The number of hydrogen-bond donors (Lipinski definition) is 2. The average Bonchev–Trinajstić information content (AvgIpc) is 2.28. The predicted molar refractivity (Wildman–Crippen MR) is 68.9 cm³/mol. The van der Waals surface area contributed by atoms with Crippen molar-refractivity contribution < 1.29 is 0 Å². The SMILES string of the molecule is C=CCNC(=S)N/N=C/[C@H]1CC=CCC1. The minimum atomic E-state index is 0.539. The normalized spacial score (nSPS) is 20.1. The highest BCUT2D eigenvalue weighted by Crippen LogP contribution is 2.15. The summed E-state index contributed by atoms with van der Waals surface area (Å²) >= 11 is 4.99. The molecule has 0 fully saturated rings. The molecule has 0 saturated carbocycles.